The highest BCUT2D eigenvalue weighted by Crippen LogP contribution is 2.37. The summed E-state index contributed by atoms with van der Waals surface area (Å²) in [5.41, 5.74) is 13.7. The Balaban J connectivity index is 1.64. The summed E-state index contributed by atoms with van der Waals surface area (Å²) < 4.78 is 0. The SMILES string of the molecule is Cc1ccc(-c2cc3[nH]cc(C(=O)N4CCC(N)CC4)c3cc2-c2ccc(C#N)cc2)cc1. The molecule has 0 spiro atoms. The van der Waals surface area contributed by atoms with Gasteiger partial charge in [-0.1, -0.05) is 42.0 Å². The fraction of sp³-hybridized carbons (Fsp3) is 0.214. The molecule has 0 unspecified atom stereocenters. The third-order valence-electron chi connectivity index (χ3n) is 6.56. The third-order valence-corrected chi connectivity index (χ3v) is 6.56. The molecule has 0 saturated carbocycles. The smallest absolute Gasteiger partial charge is 0.256 e. The molecule has 1 aliphatic rings. The second kappa shape index (κ2) is 8.57. The number of hydrogen-bond acceptors (Lipinski definition) is 3. The van der Waals surface area contributed by atoms with Gasteiger partial charge < -0.3 is 15.6 Å². The van der Waals surface area contributed by atoms with Crippen molar-refractivity contribution in [2.45, 2.75) is 25.8 Å². The molecular weight excluding hydrogens is 408 g/mol. The standard InChI is InChI=1S/C28H26N4O/c1-18-2-6-20(7-3-18)24-15-27-25(14-23(24)21-8-4-19(16-29)5-9-21)26(17-31-27)28(33)32-12-10-22(30)11-13-32/h2-9,14-15,17,22,31H,10-13,30H2,1H3. The van der Waals surface area contributed by atoms with E-state index in [1.165, 1.54) is 5.56 Å². The van der Waals surface area contributed by atoms with E-state index in [2.05, 4.69) is 54.4 Å². The monoisotopic (exact) mass is 434 g/mol. The lowest BCUT2D eigenvalue weighted by atomic mass is 9.91. The van der Waals surface area contributed by atoms with Gasteiger partial charge in [0.1, 0.15) is 0 Å². The van der Waals surface area contributed by atoms with Gasteiger partial charge in [-0.05, 0) is 66.3 Å². The lowest BCUT2D eigenvalue weighted by molar-refractivity contribution is 0.0717. The first kappa shape index (κ1) is 21.0. The summed E-state index contributed by atoms with van der Waals surface area (Å²) in [6, 6.07) is 22.6. The van der Waals surface area contributed by atoms with Gasteiger partial charge in [0, 0.05) is 36.2 Å². The molecule has 5 nitrogen and oxygen atoms in total. The normalized spacial score (nSPS) is 14.4. The van der Waals surface area contributed by atoms with E-state index in [0.29, 0.717) is 24.2 Å². The first-order chi connectivity index (χ1) is 16.0. The Morgan fingerprint density at radius 2 is 1.61 bits per heavy atom. The zero-order chi connectivity index (χ0) is 22.9. The topological polar surface area (TPSA) is 85.9 Å². The van der Waals surface area contributed by atoms with Gasteiger partial charge in [0.15, 0.2) is 0 Å². The molecule has 1 aliphatic heterocycles. The van der Waals surface area contributed by atoms with E-state index < -0.39 is 0 Å². The molecule has 0 radical (unpaired) electrons. The van der Waals surface area contributed by atoms with E-state index in [-0.39, 0.29) is 11.9 Å². The number of carbonyl (C=O) groups is 1. The first-order valence-corrected chi connectivity index (χ1v) is 11.3. The van der Waals surface area contributed by atoms with Crippen LogP contribution in [0.3, 0.4) is 0 Å². The van der Waals surface area contributed by atoms with Crippen molar-refractivity contribution in [2.75, 3.05) is 13.1 Å². The van der Waals surface area contributed by atoms with Gasteiger partial charge in [0.25, 0.3) is 5.91 Å². The van der Waals surface area contributed by atoms with Crippen LogP contribution >= 0.6 is 0 Å². The number of aryl methyl sites for hydroxylation is 1. The molecule has 4 aromatic rings. The average molecular weight is 435 g/mol. The second-order valence-electron chi connectivity index (χ2n) is 8.83. The van der Waals surface area contributed by atoms with Crippen molar-refractivity contribution in [3.8, 4) is 28.3 Å². The van der Waals surface area contributed by atoms with Gasteiger partial charge in [-0.2, -0.15) is 5.26 Å². The number of carbonyl (C=O) groups excluding carboxylic acids is 1. The number of aromatic nitrogens is 1. The molecule has 1 fully saturated rings. The van der Waals surface area contributed by atoms with Gasteiger partial charge in [-0.15, -0.1) is 0 Å². The maximum atomic E-state index is 13.3. The zero-order valence-corrected chi connectivity index (χ0v) is 18.6. The number of amides is 1. The minimum absolute atomic E-state index is 0.0435. The number of piperidine rings is 1. The number of likely N-dealkylation sites (tertiary alicyclic amines) is 1. The van der Waals surface area contributed by atoms with Crippen LogP contribution in [0.5, 0.6) is 0 Å². The van der Waals surface area contributed by atoms with Crippen molar-refractivity contribution >= 4 is 16.8 Å². The van der Waals surface area contributed by atoms with Crippen LogP contribution in [0.1, 0.15) is 34.3 Å². The number of nitriles is 1. The molecule has 5 heteroatoms. The Labute approximate surface area is 193 Å². The number of fused-ring (bicyclic) bond motifs is 1. The Kier molecular flexibility index (Phi) is 5.45. The summed E-state index contributed by atoms with van der Waals surface area (Å²) in [4.78, 5) is 18.6. The minimum Gasteiger partial charge on any atom is -0.360 e. The Morgan fingerprint density at radius 1 is 1.00 bits per heavy atom. The molecule has 0 atom stereocenters. The molecule has 1 amide bonds. The summed E-state index contributed by atoms with van der Waals surface area (Å²) in [5, 5.41) is 10.1. The largest absolute Gasteiger partial charge is 0.360 e. The zero-order valence-electron chi connectivity index (χ0n) is 18.6. The minimum atomic E-state index is 0.0435. The van der Waals surface area contributed by atoms with Crippen molar-refractivity contribution in [1.82, 2.24) is 9.88 Å². The van der Waals surface area contributed by atoms with Crippen LogP contribution < -0.4 is 5.73 Å². The van der Waals surface area contributed by atoms with Crippen molar-refractivity contribution in [3.05, 3.63) is 83.6 Å². The Bertz CT molecular complexity index is 1350. The van der Waals surface area contributed by atoms with E-state index in [1.54, 1.807) is 0 Å². The van der Waals surface area contributed by atoms with Crippen molar-refractivity contribution in [1.29, 1.82) is 5.26 Å². The van der Waals surface area contributed by atoms with Crippen LogP contribution in [0.4, 0.5) is 0 Å². The van der Waals surface area contributed by atoms with Crippen LogP contribution in [0.2, 0.25) is 0 Å². The molecule has 164 valence electrons. The molecule has 3 N–H and O–H groups in total. The summed E-state index contributed by atoms with van der Waals surface area (Å²) >= 11 is 0. The summed E-state index contributed by atoms with van der Waals surface area (Å²) in [5.74, 6) is 0.0435. The van der Waals surface area contributed by atoms with E-state index in [9.17, 15) is 10.1 Å². The lowest BCUT2D eigenvalue weighted by Gasteiger charge is -2.30. The fourth-order valence-corrected chi connectivity index (χ4v) is 4.55. The molecule has 2 heterocycles. The highest BCUT2D eigenvalue weighted by molar-refractivity contribution is 6.09. The van der Waals surface area contributed by atoms with Crippen LogP contribution in [-0.4, -0.2) is 34.9 Å². The summed E-state index contributed by atoms with van der Waals surface area (Å²) in [6.45, 7) is 3.46. The molecule has 5 rings (SSSR count). The number of nitrogens with one attached hydrogen (secondary N) is 1. The number of nitrogens with zero attached hydrogens (tertiary/aromatic N) is 2. The van der Waals surface area contributed by atoms with Crippen molar-refractivity contribution < 1.29 is 4.79 Å². The quantitative estimate of drug-likeness (QED) is 0.462. The van der Waals surface area contributed by atoms with Gasteiger partial charge in [-0.3, -0.25) is 4.79 Å². The fourth-order valence-electron chi connectivity index (χ4n) is 4.55. The maximum absolute atomic E-state index is 13.3. The van der Waals surface area contributed by atoms with Gasteiger partial charge in [-0.25, -0.2) is 0 Å². The van der Waals surface area contributed by atoms with Crippen LogP contribution in [0.15, 0.2) is 66.9 Å². The summed E-state index contributed by atoms with van der Waals surface area (Å²) in [7, 11) is 0. The Morgan fingerprint density at radius 3 is 2.24 bits per heavy atom. The van der Waals surface area contributed by atoms with Crippen LogP contribution in [-0.2, 0) is 0 Å². The summed E-state index contributed by atoms with van der Waals surface area (Å²) in [6.07, 6.45) is 3.49. The predicted octanol–water partition coefficient (Wildman–Crippen LogP) is 5.25. The molecule has 33 heavy (non-hydrogen) atoms. The predicted molar refractivity (Wildman–Crippen MR) is 132 cm³/mol. The molecule has 0 aliphatic carbocycles. The number of aromatic amines is 1. The highest BCUT2D eigenvalue weighted by atomic mass is 16.2. The van der Waals surface area contributed by atoms with Crippen molar-refractivity contribution in [3.63, 3.8) is 0 Å². The van der Waals surface area contributed by atoms with E-state index in [1.807, 2.05) is 35.4 Å². The van der Waals surface area contributed by atoms with E-state index in [0.717, 1.165) is 46.0 Å². The average Bonchev–Trinajstić information content (AvgIpc) is 3.27. The van der Waals surface area contributed by atoms with E-state index in [4.69, 9.17) is 5.73 Å². The Hall–Kier alpha value is -3.88. The highest BCUT2D eigenvalue weighted by Gasteiger charge is 2.24. The van der Waals surface area contributed by atoms with Crippen molar-refractivity contribution in [2.24, 2.45) is 5.73 Å². The van der Waals surface area contributed by atoms with Gasteiger partial charge >= 0.3 is 0 Å². The molecule has 1 aromatic heterocycles. The maximum Gasteiger partial charge on any atom is 0.256 e. The number of rotatable bonds is 3. The number of nitrogens with two attached hydrogens (primary N) is 1. The number of hydrogen-bond donors (Lipinski definition) is 2. The first-order valence-electron chi connectivity index (χ1n) is 11.3. The van der Waals surface area contributed by atoms with Gasteiger partial charge in [0.2, 0.25) is 0 Å². The van der Waals surface area contributed by atoms with Crippen LogP contribution in [0, 0.1) is 18.3 Å². The second-order valence-corrected chi connectivity index (χ2v) is 8.83. The molecule has 0 bridgehead atoms. The van der Waals surface area contributed by atoms with E-state index >= 15 is 0 Å². The third kappa shape index (κ3) is 4.02. The van der Waals surface area contributed by atoms with Crippen LogP contribution in [0.25, 0.3) is 33.2 Å². The lowest BCUT2D eigenvalue weighted by Crippen LogP contribution is -2.42. The molecule has 1 saturated heterocycles. The van der Waals surface area contributed by atoms with Gasteiger partial charge in [0.05, 0.1) is 17.2 Å². The number of H-pyrrole nitrogens is 1. The molecular formula is C28H26N4O. The molecule has 3 aromatic carbocycles. The number of benzene rings is 3.